The predicted octanol–water partition coefficient (Wildman–Crippen LogP) is 4.26. The van der Waals surface area contributed by atoms with E-state index < -0.39 is 4.92 Å². The second-order valence-corrected chi connectivity index (χ2v) is 6.53. The topological polar surface area (TPSA) is 72.2 Å². The fourth-order valence-electron chi connectivity index (χ4n) is 2.27. The van der Waals surface area contributed by atoms with Crippen LogP contribution in [0.3, 0.4) is 0 Å². The summed E-state index contributed by atoms with van der Waals surface area (Å²) in [6.07, 6.45) is 0.816. The summed E-state index contributed by atoms with van der Waals surface area (Å²) in [4.78, 5) is 23.2. The smallest absolute Gasteiger partial charge is 0.269 e. The van der Waals surface area contributed by atoms with Crippen molar-refractivity contribution in [3.05, 3.63) is 69.8 Å². The highest BCUT2D eigenvalue weighted by Gasteiger charge is 2.13. The van der Waals surface area contributed by atoms with E-state index in [1.165, 1.54) is 29.5 Å². The standard InChI is InChI=1S/C18H20N2O3S/c1-3-17(14-6-4-13(2)5-7-14)19-18(21)12-24-16-10-8-15(9-11-16)20(22)23/h4-11,17H,3,12H2,1-2H3,(H,19,21)/t17-/m0/s1. The number of non-ortho nitro benzene ring substituents is 1. The van der Waals surface area contributed by atoms with Gasteiger partial charge in [0, 0.05) is 17.0 Å². The highest BCUT2D eigenvalue weighted by atomic mass is 32.2. The van der Waals surface area contributed by atoms with Gasteiger partial charge in [0.15, 0.2) is 0 Å². The van der Waals surface area contributed by atoms with Gasteiger partial charge in [0.25, 0.3) is 5.69 Å². The normalized spacial score (nSPS) is 11.8. The molecule has 0 bridgehead atoms. The lowest BCUT2D eigenvalue weighted by atomic mass is 10.0. The van der Waals surface area contributed by atoms with Gasteiger partial charge in [-0.25, -0.2) is 0 Å². The van der Waals surface area contributed by atoms with Crippen molar-refractivity contribution in [2.45, 2.75) is 31.2 Å². The molecule has 0 fully saturated rings. The van der Waals surface area contributed by atoms with E-state index in [0.29, 0.717) is 0 Å². The van der Waals surface area contributed by atoms with E-state index in [9.17, 15) is 14.9 Å². The van der Waals surface area contributed by atoms with Crippen LogP contribution in [0.4, 0.5) is 5.69 Å². The first-order chi connectivity index (χ1) is 11.5. The molecule has 2 aromatic rings. The Kier molecular flexibility index (Phi) is 6.37. The van der Waals surface area contributed by atoms with Crippen LogP contribution in [-0.2, 0) is 4.79 Å². The van der Waals surface area contributed by atoms with Gasteiger partial charge >= 0.3 is 0 Å². The molecule has 0 spiro atoms. The first-order valence-corrected chi connectivity index (χ1v) is 8.71. The molecule has 24 heavy (non-hydrogen) atoms. The molecule has 0 aliphatic heterocycles. The maximum atomic E-state index is 12.2. The lowest BCUT2D eigenvalue weighted by molar-refractivity contribution is -0.384. The van der Waals surface area contributed by atoms with Gasteiger partial charge in [-0.05, 0) is 31.0 Å². The Hall–Kier alpha value is -2.34. The summed E-state index contributed by atoms with van der Waals surface area (Å²) in [5.74, 6) is 0.228. The molecule has 6 heteroatoms. The summed E-state index contributed by atoms with van der Waals surface area (Å²) in [5, 5.41) is 13.7. The number of nitrogens with zero attached hydrogens (tertiary/aromatic N) is 1. The van der Waals surface area contributed by atoms with E-state index in [1.54, 1.807) is 12.1 Å². The number of rotatable bonds is 7. The van der Waals surface area contributed by atoms with Gasteiger partial charge < -0.3 is 5.32 Å². The molecule has 2 aromatic carbocycles. The summed E-state index contributed by atoms with van der Waals surface area (Å²) < 4.78 is 0. The maximum absolute atomic E-state index is 12.2. The second kappa shape index (κ2) is 8.49. The van der Waals surface area contributed by atoms with Crippen LogP contribution in [0.15, 0.2) is 53.4 Å². The van der Waals surface area contributed by atoms with Gasteiger partial charge in [-0.1, -0.05) is 36.8 Å². The molecule has 0 radical (unpaired) electrons. The fraction of sp³-hybridized carbons (Fsp3) is 0.278. The minimum absolute atomic E-state index is 0.00411. The number of hydrogen-bond acceptors (Lipinski definition) is 4. The zero-order valence-electron chi connectivity index (χ0n) is 13.7. The Morgan fingerprint density at radius 2 is 1.79 bits per heavy atom. The molecule has 0 aliphatic carbocycles. The monoisotopic (exact) mass is 344 g/mol. The van der Waals surface area contributed by atoms with E-state index in [0.717, 1.165) is 16.9 Å². The van der Waals surface area contributed by atoms with Gasteiger partial charge in [-0.15, -0.1) is 11.8 Å². The highest BCUT2D eigenvalue weighted by Crippen LogP contribution is 2.22. The summed E-state index contributed by atoms with van der Waals surface area (Å²) in [7, 11) is 0. The van der Waals surface area contributed by atoms with Crippen LogP contribution in [0.1, 0.15) is 30.5 Å². The number of carbonyl (C=O) groups is 1. The van der Waals surface area contributed by atoms with Gasteiger partial charge in [0.1, 0.15) is 0 Å². The molecule has 1 N–H and O–H groups in total. The molecule has 2 rings (SSSR count). The van der Waals surface area contributed by atoms with Crippen molar-refractivity contribution in [3.8, 4) is 0 Å². The minimum Gasteiger partial charge on any atom is -0.349 e. The summed E-state index contributed by atoms with van der Waals surface area (Å²) in [6, 6.07) is 14.4. The zero-order chi connectivity index (χ0) is 17.5. The second-order valence-electron chi connectivity index (χ2n) is 5.48. The van der Waals surface area contributed by atoms with E-state index >= 15 is 0 Å². The van der Waals surface area contributed by atoms with Crippen molar-refractivity contribution < 1.29 is 9.72 Å². The third kappa shape index (κ3) is 5.09. The van der Waals surface area contributed by atoms with Crippen LogP contribution in [0.25, 0.3) is 0 Å². The van der Waals surface area contributed by atoms with E-state index in [-0.39, 0.29) is 23.4 Å². The first-order valence-electron chi connectivity index (χ1n) is 7.72. The van der Waals surface area contributed by atoms with Crippen LogP contribution in [0.2, 0.25) is 0 Å². The number of amides is 1. The molecule has 0 aromatic heterocycles. The Bertz CT molecular complexity index is 699. The molecular formula is C18H20N2O3S. The molecule has 1 amide bonds. The number of benzene rings is 2. The number of nitro benzene ring substituents is 1. The SMILES string of the molecule is CC[C@H](NC(=O)CSc1ccc([N+](=O)[O-])cc1)c1ccc(C)cc1. The van der Waals surface area contributed by atoms with E-state index in [4.69, 9.17) is 0 Å². The maximum Gasteiger partial charge on any atom is 0.269 e. The molecule has 0 heterocycles. The molecule has 1 atom stereocenters. The van der Waals surface area contributed by atoms with Gasteiger partial charge in [-0.2, -0.15) is 0 Å². The average Bonchev–Trinajstić information content (AvgIpc) is 2.59. The third-order valence-electron chi connectivity index (χ3n) is 3.64. The average molecular weight is 344 g/mol. The number of nitrogens with one attached hydrogen (secondary N) is 1. The largest absolute Gasteiger partial charge is 0.349 e. The van der Waals surface area contributed by atoms with E-state index in [1.807, 2.05) is 38.1 Å². The van der Waals surface area contributed by atoms with Crippen LogP contribution in [0.5, 0.6) is 0 Å². The predicted molar refractivity (Wildman–Crippen MR) is 96.2 cm³/mol. The number of hydrogen-bond donors (Lipinski definition) is 1. The number of thioether (sulfide) groups is 1. The van der Waals surface area contributed by atoms with Gasteiger partial charge in [-0.3, -0.25) is 14.9 Å². The third-order valence-corrected chi connectivity index (χ3v) is 4.65. The Labute approximate surface area is 145 Å². The summed E-state index contributed by atoms with van der Waals surface area (Å²) >= 11 is 1.36. The Morgan fingerprint density at radius 1 is 1.17 bits per heavy atom. The van der Waals surface area contributed by atoms with Gasteiger partial charge in [0.05, 0.1) is 16.7 Å². The molecule has 5 nitrogen and oxygen atoms in total. The number of nitro groups is 1. The number of aryl methyl sites for hydroxylation is 1. The van der Waals surface area contributed by atoms with Crippen LogP contribution < -0.4 is 5.32 Å². The van der Waals surface area contributed by atoms with Crippen molar-refractivity contribution in [1.29, 1.82) is 0 Å². The molecule has 126 valence electrons. The highest BCUT2D eigenvalue weighted by molar-refractivity contribution is 8.00. The molecule has 0 unspecified atom stereocenters. The van der Waals surface area contributed by atoms with Crippen molar-refractivity contribution in [2.75, 3.05) is 5.75 Å². The quantitative estimate of drug-likeness (QED) is 0.463. The van der Waals surface area contributed by atoms with Crippen molar-refractivity contribution in [2.24, 2.45) is 0 Å². The van der Waals surface area contributed by atoms with Crippen molar-refractivity contribution >= 4 is 23.4 Å². The molecule has 0 saturated heterocycles. The van der Waals surface area contributed by atoms with E-state index in [2.05, 4.69) is 5.32 Å². The molecular weight excluding hydrogens is 324 g/mol. The Balaban J connectivity index is 1.89. The van der Waals surface area contributed by atoms with Crippen molar-refractivity contribution in [1.82, 2.24) is 5.32 Å². The fourth-order valence-corrected chi connectivity index (χ4v) is 2.98. The van der Waals surface area contributed by atoms with Crippen LogP contribution in [-0.4, -0.2) is 16.6 Å². The van der Waals surface area contributed by atoms with Crippen molar-refractivity contribution in [3.63, 3.8) is 0 Å². The van der Waals surface area contributed by atoms with Crippen LogP contribution >= 0.6 is 11.8 Å². The number of carbonyl (C=O) groups excluding carboxylic acids is 1. The zero-order valence-corrected chi connectivity index (χ0v) is 14.5. The summed E-state index contributed by atoms with van der Waals surface area (Å²) in [5.41, 5.74) is 2.33. The van der Waals surface area contributed by atoms with Gasteiger partial charge in [0.2, 0.25) is 5.91 Å². The first kappa shape index (κ1) is 18.0. The summed E-state index contributed by atoms with van der Waals surface area (Å²) in [6.45, 7) is 4.07. The molecule has 0 aliphatic rings. The van der Waals surface area contributed by atoms with Crippen LogP contribution in [0, 0.1) is 17.0 Å². The Morgan fingerprint density at radius 3 is 2.33 bits per heavy atom. The molecule has 0 saturated carbocycles. The lowest BCUT2D eigenvalue weighted by Crippen LogP contribution is -2.29. The lowest BCUT2D eigenvalue weighted by Gasteiger charge is -2.17. The minimum atomic E-state index is -0.436.